The molecule has 3 nitrogen and oxygen atoms in total. The van der Waals surface area contributed by atoms with Crippen molar-refractivity contribution in [3.8, 4) is 0 Å². The maximum absolute atomic E-state index is 12.4. The Morgan fingerprint density at radius 3 is 2.68 bits per heavy atom. The first kappa shape index (κ1) is 18.0. The summed E-state index contributed by atoms with van der Waals surface area (Å²) >= 11 is 5.96. The molecule has 1 heterocycles. The van der Waals surface area contributed by atoms with Gasteiger partial charge in [0.2, 0.25) is 0 Å². The van der Waals surface area contributed by atoms with Crippen molar-refractivity contribution in [2.75, 3.05) is 18.4 Å². The molecule has 1 atom stereocenters. The monoisotopic (exact) mass is 356 g/mol. The van der Waals surface area contributed by atoms with Gasteiger partial charge in [0, 0.05) is 29.4 Å². The summed E-state index contributed by atoms with van der Waals surface area (Å²) in [6, 6.07) is 13.4. The van der Waals surface area contributed by atoms with E-state index >= 15 is 0 Å². The van der Waals surface area contributed by atoms with E-state index in [0.29, 0.717) is 10.6 Å². The van der Waals surface area contributed by atoms with Crippen LogP contribution in [0.15, 0.2) is 42.5 Å². The zero-order chi connectivity index (χ0) is 17.8. The van der Waals surface area contributed by atoms with E-state index in [4.69, 9.17) is 11.6 Å². The van der Waals surface area contributed by atoms with Crippen molar-refractivity contribution in [2.24, 2.45) is 5.92 Å². The maximum atomic E-state index is 12.4. The predicted octanol–water partition coefficient (Wildman–Crippen LogP) is 5.13. The maximum Gasteiger partial charge on any atom is 0.255 e. The number of rotatable bonds is 4. The lowest BCUT2D eigenvalue weighted by molar-refractivity contribution is 0.102. The van der Waals surface area contributed by atoms with Gasteiger partial charge in [-0.3, -0.25) is 9.69 Å². The minimum atomic E-state index is -0.0939. The molecule has 1 aliphatic heterocycles. The Labute approximate surface area is 155 Å². The fraction of sp³-hybridized carbons (Fsp3) is 0.381. The minimum Gasteiger partial charge on any atom is -0.322 e. The first-order valence-corrected chi connectivity index (χ1v) is 9.28. The molecule has 0 saturated carbocycles. The van der Waals surface area contributed by atoms with Crippen molar-refractivity contribution in [1.82, 2.24) is 4.90 Å². The molecule has 4 heteroatoms. The molecule has 132 valence electrons. The second kappa shape index (κ2) is 8.03. The molecular weight excluding hydrogens is 332 g/mol. The summed E-state index contributed by atoms with van der Waals surface area (Å²) in [5.41, 5.74) is 3.68. The SMILES string of the molecule is Cc1cc(Cl)ccc1NC(=O)c1ccc(CN2CCCC(C)C2)cc1. The highest BCUT2D eigenvalue weighted by molar-refractivity contribution is 6.30. The third-order valence-corrected chi connectivity index (χ3v) is 5.04. The van der Waals surface area contributed by atoms with E-state index < -0.39 is 0 Å². The second-order valence-electron chi connectivity index (χ2n) is 7.09. The van der Waals surface area contributed by atoms with Crippen molar-refractivity contribution in [2.45, 2.75) is 33.2 Å². The normalized spacial score (nSPS) is 18.1. The van der Waals surface area contributed by atoms with Gasteiger partial charge in [0.05, 0.1) is 0 Å². The molecule has 3 rings (SSSR count). The van der Waals surface area contributed by atoms with E-state index in [9.17, 15) is 4.79 Å². The molecule has 0 radical (unpaired) electrons. The van der Waals surface area contributed by atoms with Crippen LogP contribution >= 0.6 is 11.6 Å². The highest BCUT2D eigenvalue weighted by Crippen LogP contribution is 2.21. The van der Waals surface area contributed by atoms with Gasteiger partial charge < -0.3 is 5.32 Å². The number of hydrogen-bond donors (Lipinski definition) is 1. The van der Waals surface area contributed by atoms with Crippen molar-refractivity contribution in [3.05, 3.63) is 64.2 Å². The third-order valence-electron chi connectivity index (χ3n) is 4.80. The lowest BCUT2D eigenvalue weighted by Gasteiger charge is -2.30. The number of hydrogen-bond acceptors (Lipinski definition) is 2. The Morgan fingerprint density at radius 2 is 2.00 bits per heavy atom. The molecule has 0 aromatic heterocycles. The summed E-state index contributed by atoms with van der Waals surface area (Å²) in [6.07, 6.45) is 2.61. The van der Waals surface area contributed by atoms with Crippen molar-refractivity contribution >= 4 is 23.2 Å². The summed E-state index contributed by atoms with van der Waals surface area (Å²) in [5.74, 6) is 0.685. The summed E-state index contributed by atoms with van der Waals surface area (Å²) < 4.78 is 0. The lowest BCUT2D eigenvalue weighted by atomic mass is 9.99. The van der Waals surface area contributed by atoms with Gasteiger partial charge in [0.25, 0.3) is 5.91 Å². The Morgan fingerprint density at radius 1 is 1.24 bits per heavy atom. The van der Waals surface area contributed by atoms with Crippen molar-refractivity contribution in [1.29, 1.82) is 0 Å². The van der Waals surface area contributed by atoms with Gasteiger partial charge in [-0.05, 0) is 73.7 Å². The molecule has 1 saturated heterocycles. The second-order valence-corrected chi connectivity index (χ2v) is 7.53. The number of anilines is 1. The molecule has 1 N–H and O–H groups in total. The van der Waals surface area contributed by atoms with Crippen molar-refractivity contribution in [3.63, 3.8) is 0 Å². The number of piperidine rings is 1. The van der Waals surface area contributed by atoms with Gasteiger partial charge in [0.1, 0.15) is 0 Å². The first-order valence-electron chi connectivity index (χ1n) is 8.90. The number of carbonyl (C=O) groups is 1. The molecule has 1 unspecified atom stereocenters. The topological polar surface area (TPSA) is 32.3 Å². The molecule has 1 aliphatic rings. The zero-order valence-corrected chi connectivity index (χ0v) is 15.6. The summed E-state index contributed by atoms with van der Waals surface area (Å²) in [6.45, 7) is 7.55. The quantitative estimate of drug-likeness (QED) is 0.823. The van der Waals surface area contributed by atoms with Crippen LogP contribution in [0.25, 0.3) is 0 Å². The summed E-state index contributed by atoms with van der Waals surface area (Å²) in [7, 11) is 0. The minimum absolute atomic E-state index is 0.0939. The molecule has 2 aromatic carbocycles. The predicted molar refractivity (Wildman–Crippen MR) is 104 cm³/mol. The summed E-state index contributed by atoms with van der Waals surface area (Å²) in [4.78, 5) is 14.9. The Kier molecular flexibility index (Phi) is 5.77. The van der Waals surface area contributed by atoms with E-state index in [1.807, 2.05) is 31.2 Å². The van der Waals surface area contributed by atoms with Gasteiger partial charge in [0.15, 0.2) is 0 Å². The van der Waals surface area contributed by atoms with Crippen LogP contribution in [-0.4, -0.2) is 23.9 Å². The molecule has 0 spiro atoms. The van der Waals surface area contributed by atoms with E-state index in [1.165, 1.54) is 24.9 Å². The highest BCUT2D eigenvalue weighted by atomic mass is 35.5. The average molecular weight is 357 g/mol. The Hall–Kier alpha value is -1.84. The number of aryl methyl sites for hydroxylation is 1. The Balaban J connectivity index is 1.62. The van der Waals surface area contributed by atoms with Gasteiger partial charge in [-0.25, -0.2) is 0 Å². The Bertz CT molecular complexity index is 742. The smallest absolute Gasteiger partial charge is 0.255 e. The van der Waals surface area contributed by atoms with Crippen LogP contribution in [0, 0.1) is 12.8 Å². The number of amides is 1. The third kappa shape index (κ3) is 4.83. The van der Waals surface area contributed by atoms with Gasteiger partial charge >= 0.3 is 0 Å². The van der Waals surface area contributed by atoms with Crippen LogP contribution in [0.2, 0.25) is 5.02 Å². The van der Waals surface area contributed by atoms with Crippen LogP contribution in [0.4, 0.5) is 5.69 Å². The fourth-order valence-electron chi connectivity index (χ4n) is 3.41. The zero-order valence-electron chi connectivity index (χ0n) is 14.9. The van der Waals surface area contributed by atoms with E-state index in [-0.39, 0.29) is 5.91 Å². The van der Waals surface area contributed by atoms with Crippen LogP contribution < -0.4 is 5.32 Å². The number of nitrogens with zero attached hydrogens (tertiary/aromatic N) is 1. The van der Waals surface area contributed by atoms with E-state index in [1.54, 1.807) is 6.07 Å². The molecule has 1 amide bonds. The average Bonchev–Trinajstić information content (AvgIpc) is 2.58. The lowest BCUT2D eigenvalue weighted by Crippen LogP contribution is -2.33. The van der Waals surface area contributed by atoms with Gasteiger partial charge in [-0.1, -0.05) is 30.7 Å². The van der Waals surface area contributed by atoms with Crippen LogP contribution in [-0.2, 0) is 6.54 Å². The number of benzene rings is 2. The largest absolute Gasteiger partial charge is 0.322 e. The molecule has 2 aromatic rings. The van der Waals surface area contributed by atoms with Crippen LogP contribution in [0.3, 0.4) is 0 Å². The fourth-order valence-corrected chi connectivity index (χ4v) is 3.64. The highest BCUT2D eigenvalue weighted by Gasteiger charge is 2.16. The number of likely N-dealkylation sites (tertiary alicyclic amines) is 1. The first-order chi connectivity index (χ1) is 12.0. The van der Waals surface area contributed by atoms with E-state index in [2.05, 4.69) is 29.3 Å². The number of nitrogens with one attached hydrogen (secondary N) is 1. The molecule has 25 heavy (non-hydrogen) atoms. The molecular formula is C21H25ClN2O. The standard InChI is InChI=1S/C21H25ClN2O/c1-15-4-3-11-24(13-15)14-17-5-7-18(8-6-17)21(25)23-20-10-9-19(22)12-16(20)2/h5-10,12,15H,3-4,11,13-14H2,1-2H3,(H,23,25). The molecule has 0 bridgehead atoms. The van der Waals surface area contributed by atoms with E-state index in [0.717, 1.165) is 30.3 Å². The van der Waals surface area contributed by atoms with Crippen molar-refractivity contribution < 1.29 is 4.79 Å². The summed E-state index contributed by atoms with van der Waals surface area (Å²) in [5, 5.41) is 3.63. The van der Waals surface area contributed by atoms with Crippen LogP contribution in [0.1, 0.15) is 41.3 Å². The van der Waals surface area contributed by atoms with Gasteiger partial charge in [-0.15, -0.1) is 0 Å². The van der Waals surface area contributed by atoms with Gasteiger partial charge in [-0.2, -0.15) is 0 Å². The van der Waals surface area contributed by atoms with Crippen LogP contribution in [0.5, 0.6) is 0 Å². The molecule has 0 aliphatic carbocycles. The molecule has 1 fully saturated rings. The number of halogens is 1. The number of carbonyl (C=O) groups excluding carboxylic acids is 1.